The van der Waals surface area contributed by atoms with Crippen molar-refractivity contribution in [3.63, 3.8) is 0 Å². The van der Waals surface area contributed by atoms with Gasteiger partial charge in [-0.15, -0.1) is 11.3 Å². The highest BCUT2D eigenvalue weighted by Gasteiger charge is 2.19. The normalized spacial score (nSPS) is 11.1. The SMILES string of the molecule is Cc1c(C(=O)NCc2ccccc2Cn2cccn2)sc2ncn(C)c(=O)c12. The Morgan fingerprint density at radius 2 is 2.00 bits per heavy atom. The van der Waals surface area contributed by atoms with Gasteiger partial charge in [-0.2, -0.15) is 5.10 Å². The maximum absolute atomic E-state index is 12.8. The molecule has 1 N–H and O–H groups in total. The fourth-order valence-corrected chi connectivity index (χ4v) is 4.19. The van der Waals surface area contributed by atoms with Crippen molar-refractivity contribution in [1.29, 1.82) is 0 Å². The lowest BCUT2D eigenvalue weighted by atomic mass is 10.1. The van der Waals surface area contributed by atoms with E-state index in [0.29, 0.717) is 33.7 Å². The molecule has 7 nitrogen and oxygen atoms in total. The second-order valence-corrected chi connectivity index (χ2v) is 7.55. The van der Waals surface area contributed by atoms with Crippen LogP contribution in [0.5, 0.6) is 0 Å². The van der Waals surface area contributed by atoms with Crippen LogP contribution >= 0.6 is 11.3 Å². The van der Waals surface area contributed by atoms with Gasteiger partial charge < -0.3 is 9.88 Å². The molecule has 3 heterocycles. The summed E-state index contributed by atoms with van der Waals surface area (Å²) in [5.41, 5.74) is 2.66. The smallest absolute Gasteiger partial charge is 0.262 e. The molecule has 142 valence electrons. The van der Waals surface area contributed by atoms with E-state index in [-0.39, 0.29) is 11.5 Å². The number of hydrogen-bond donors (Lipinski definition) is 1. The molecule has 0 fully saturated rings. The third kappa shape index (κ3) is 3.34. The lowest BCUT2D eigenvalue weighted by molar-refractivity contribution is 0.0954. The molecule has 0 saturated heterocycles. The van der Waals surface area contributed by atoms with Crippen LogP contribution in [-0.2, 0) is 20.1 Å². The van der Waals surface area contributed by atoms with E-state index in [9.17, 15) is 9.59 Å². The molecule has 0 aliphatic carbocycles. The highest BCUT2D eigenvalue weighted by Crippen LogP contribution is 2.26. The van der Waals surface area contributed by atoms with E-state index < -0.39 is 0 Å². The summed E-state index contributed by atoms with van der Waals surface area (Å²) in [7, 11) is 1.65. The average Bonchev–Trinajstić information content (AvgIpc) is 3.32. The molecule has 0 saturated carbocycles. The molecular weight excluding hydrogens is 374 g/mol. The molecule has 4 rings (SSSR count). The summed E-state index contributed by atoms with van der Waals surface area (Å²) >= 11 is 1.25. The van der Waals surface area contributed by atoms with E-state index in [1.165, 1.54) is 22.2 Å². The molecule has 1 aromatic carbocycles. The van der Waals surface area contributed by atoms with Gasteiger partial charge in [-0.1, -0.05) is 24.3 Å². The van der Waals surface area contributed by atoms with Crippen molar-refractivity contribution >= 4 is 27.5 Å². The van der Waals surface area contributed by atoms with Crippen LogP contribution in [0.3, 0.4) is 0 Å². The molecule has 0 atom stereocenters. The Morgan fingerprint density at radius 1 is 1.21 bits per heavy atom. The van der Waals surface area contributed by atoms with Crippen LogP contribution in [0.4, 0.5) is 0 Å². The lowest BCUT2D eigenvalue weighted by Gasteiger charge is -2.11. The topological polar surface area (TPSA) is 81.8 Å². The number of fused-ring (bicyclic) bond motifs is 1. The van der Waals surface area contributed by atoms with E-state index >= 15 is 0 Å². The second kappa shape index (κ2) is 7.40. The first-order valence-corrected chi connectivity index (χ1v) is 9.63. The largest absolute Gasteiger partial charge is 0.347 e. The summed E-state index contributed by atoms with van der Waals surface area (Å²) in [4.78, 5) is 30.5. The van der Waals surface area contributed by atoms with Gasteiger partial charge in [0.05, 0.1) is 23.1 Å². The van der Waals surface area contributed by atoms with Gasteiger partial charge in [0.15, 0.2) is 0 Å². The monoisotopic (exact) mass is 393 g/mol. The van der Waals surface area contributed by atoms with Crippen LogP contribution < -0.4 is 10.9 Å². The van der Waals surface area contributed by atoms with E-state index in [1.807, 2.05) is 41.2 Å². The number of aryl methyl sites for hydroxylation is 2. The first kappa shape index (κ1) is 18.1. The number of amides is 1. The second-order valence-electron chi connectivity index (χ2n) is 6.55. The minimum atomic E-state index is -0.198. The molecule has 0 unspecified atom stereocenters. The number of carbonyl (C=O) groups is 1. The van der Waals surface area contributed by atoms with Gasteiger partial charge in [0.2, 0.25) is 0 Å². The number of nitrogens with zero attached hydrogens (tertiary/aromatic N) is 4. The minimum Gasteiger partial charge on any atom is -0.347 e. The van der Waals surface area contributed by atoms with Gasteiger partial charge in [0.1, 0.15) is 4.83 Å². The zero-order chi connectivity index (χ0) is 19.7. The molecule has 28 heavy (non-hydrogen) atoms. The molecule has 0 aliphatic rings. The standard InChI is InChI=1S/C20H19N5O2S/c1-13-16-19(22-12-24(2)20(16)27)28-17(13)18(26)21-10-14-6-3-4-7-15(14)11-25-9-5-8-23-25/h3-9,12H,10-11H2,1-2H3,(H,21,26). The van der Waals surface area contributed by atoms with Crippen LogP contribution in [0.2, 0.25) is 0 Å². The Morgan fingerprint density at radius 3 is 2.75 bits per heavy atom. The van der Waals surface area contributed by atoms with Crippen LogP contribution in [0.25, 0.3) is 10.2 Å². The van der Waals surface area contributed by atoms with E-state index in [1.54, 1.807) is 20.2 Å². The first-order chi connectivity index (χ1) is 13.5. The van der Waals surface area contributed by atoms with Gasteiger partial charge >= 0.3 is 0 Å². The Labute approximate surface area is 165 Å². The molecular formula is C20H19N5O2S. The van der Waals surface area contributed by atoms with Crippen molar-refractivity contribution < 1.29 is 4.79 Å². The number of aromatic nitrogens is 4. The Balaban J connectivity index is 1.56. The van der Waals surface area contributed by atoms with Gasteiger partial charge in [-0.05, 0) is 29.7 Å². The van der Waals surface area contributed by atoms with Crippen molar-refractivity contribution in [2.45, 2.75) is 20.0 Å². The third-order valence-corrected chi connectivity index (χ3v) is 5.86. The molecule has 4 aromatic rings. The molecule has 0 aliphatic heterocycles. The fourth-order valence-electron chi connectivity index (χ4n) is 3.13. The molecule has 0 spiro atoms. The Kier molecular flexibility index (Phi) is 4.79. The van der Waals surface area contributed by atoms with Gasteiger partial charge in [-0.25, -0.2) is 4.98 Å². The molecule has 3 aromatic heterocycles. The molecule has 1 amide bonds. The number of rotatable bonds is 5. The summed E-state index contributed by atoms with van der Waals surface area (Å²) in [6.07, 6.45) is 5.13. The summed E-state index contributed by atoms with van der Waals surface area (Å²) in [6, 6.07) is 9.83. The van der Waals surface area contributed by atoms with Crippen molar-refractivity contribution in [1.82, 2.24) is 24.6 Å². The van der Waals surface area contributed by atoms with E-state index in [2.05, 4.69) is 15.4 Å². The molecule has 0 radical (unpaired) electrons. The van der Waals surface area contributed by atoms with Gasteiger partial charge in [0, 0.05) is 26.0 Å². The average molecular weight is 393 g/mol. The predicted octanol–water partition coefficient (Wildman–Crippen LogP) is 2.48. The lowest BCUT2D eigenvalue weighted by Crippen LogP contribution is -2.23. The number of thiophene rings is 1. The van der Waals surface area contributed by atoms with Crippen molar-refractivity contribution in [3.8, 4) is 0 Å². The number of carbonyl (C=O) groups excluding carboxylic acids is 1. The maximum Gasteiger partial charge on any atom is 0.262 e. The van der Waals surface area contributed by atoms with Crippen molar-refractivity contribution in [3.05, 3.63) is 81.0 Å². The van der Waals surface area contributed by atoms with E-state index in [0.717, 1.165) is 11.1 Å². The quantitative estimate of drug-likeness (QED) is 0.565. The number of nitrogens with one attached hydrogen (secondary N) is 1. The van der Waals surface area contributed by atoms with Crippen molar-refractivity contribution in [2.24, 2.45) is 7.05 Å². The molecule has 8 heteroatoms. The highest BCUT2D eigenvalue weighted by molar-refractivity contribution is 7.20. The van der Waals surface area contributed by atoms with Gasteiger partial charge in [-0.3, -0.25) is 14.3 Å². The Hall–Kier alpha value is -3.26. The highest BCUT2D eigenvalue weighted by atomic mass is 32.1. The summed E-state index contributed by atoms with van der Waals surface area (Å²) in [5.74, 6) is -0.198. The van der Waals surface area contributed by atoms with E-state index in [4.69, 9.17) is 0 Å². The fraction of sp³-hybridized carbons (Fsp3) is 0.200. The maximum atomic E-state index is 12.8. The predicted molar refractivity (Wildman–Crippen MR) is 109 cm³/mol. The van der Waals surface area contributed by atoms with Crippen LogP contribution in [0.1, 0.15) is 26.4 Å². The zero-order valence-corrected chi connectivity index (χ0v) is 16.4. The van der Waals surface area contributed by atoms with Crippen LogP contribution in [-0.4, -0.2) is 25.2 Å². The summed E-state index contributed by atoms with van der Waals surface area (Å²) < 4.78 is 3.27. The van der Waals surface area contributed by atoms with Crippen LogP contribution in [0.15, 0.2) is 53.8 Å². The molecule has 0 bridgehead atoms. The Bertz CT molecular complexity index is 1210. The van der Waals surface area contributed by atoms with Crippen LogP contribution in [0, 0.1) is 6.92 Å². The third-order valence-electron chi connectivity index (χ3n) is 4.67. The summed E-state index contributed by atoms with van der Waals surface area (Å²) in [5, 5.41) is 7.73. The van der Waals surface area contributed by atoms with Gasteiger partial charge in [0.25, 0.3) is 11.5 Å². The summed E-state index contributed by atoms with van der Waals surface area (Å²) in [6.45, 7) is 2.83. The first-order valence-electron chi connectivity index (χ1n) is 8.81. The minimum absolute atomic E-state index is 0.137. The van der Waals surface area contributed by atoms with Crippen molar-refractivity contribution in [2.75, 3.05) is 0 Å². The number of hydrogen-bond acceptors (Lipinski definition) is 5. The number of benzene rings is 1. The zero-order valence-electron chi connectivity index (χ0n) is 15.5.